The van der Waals surface area contributed by atoms with E-state index in [2.05, 4.69) is 19.7 Å². The molecule has 0 atom stereocenters. The molecule has 5 heteroatoms. The number of rotatable bonds is 3. The highest BCUT2D eigenvalue weighted by atomic mass is 32.1. The zero-order chi connectivity index (χ0) is 9.80. The van der Waals surface area contributed by atoms with Crippen molar-refractivity contribution in [2.75, 3.05) is 11.9 Å². The predicted molar refractivity (Wildman–Crippen MR) is 57.3 cm³/mol. The van der Waals surface area contributed by atoms with E-state index < -0.39 is 0 Å². The van der Waals surface area contributed by atoms with Crippen LogP contribution in [0.3, 0.4) is 0 Å². The Morgan fingerprint density at radius 1 is 1.36 bits per heavy atom. The first-order chi connectivity index (χ1) is 6.90. The smallest absolute Gasteiger partial charge is 0.202 e. The van der Waals surface area contributed by atoms with Gasteiger partial charge in [-0.1, -0.05) is 0 Å². The lowest BCUT2D eigenvalue weighted by atomic mass is 10.3. The molecule has 14 heavy (non-hydrogen) atoms. The highest BCUT2D eigenvalue weighted by Crippen LogP contribution is 2.19. The van der Waals surface area contributed by atoms with Gasteiger partial charge in [-0.3, -0.25) is 4.98 Å². The lowest BCUT2D eigenvalue weighted by molar-refractivity contribution is 1.18. The summed E-state index contributed by atoms with van der Waals surface area (Å²) in [5.41, 5.74) is 1.00. The van der Waals surface area contributed by atoms with Crippen molar-refractivity contribution in [1.29, 1.82) is 0 Å². The maximum absolute atomic E-state index is 4.34. The van der Waals surface area contributed by atoms with Crippen molar-refractivity contribution in [3.05, 3.63) is 24.5 Å². The molecule has 2 aromatic heterocycles. The fourth-order valence-corrected chi connectivity index (χ4v) is 1.72. The molecule has 0 bridgehead atoms. The van der Waals surface area contributed by atoms with Crippen molar-refractivity contribution in [2.45, 2.75) is 6.92 Å². The van der Waals surface area contributed by atoms with Gasteiger partial charge in [-0.15, -0.1) is 0 Å². The molecule has 1 N–H and O–H groups in total. The van der Waals surface area contributed by atoms with E-state index in [1.807, 2.05) is 19.1 Å². The number of nitrogens with zero attached hydrogens (tertiary/aromatic N) is 3. The van der Waals surface area contributed by atoms with E-state index in [1.165, 1.54) is 11.5 Å². The first kappa shape index (κ1) is 9.08. The Labute approximate surface area is 86.2 Å². The average molecular weight is 206 g/mol. The highest BCUT2D eigenvalue weighted by Gasteiger charge is 2.04. The maximum Gasteiger partial charge on any atom is 0.202 e. The van der Waals surface area contributed by atoms with Crippen LogP contribution in [0.1, 0.15) is 6.92 Å². The number of nitrogens with one attached hydrogen (secondary N) is 1. The van der Waals surface area contributed by atoms with Crippen molar-refractivity contribution in [2.24, 2.45) is 0 Å². The summed E-state index contributed by atoms with van der Waals surface area (Å²) in [4.78, 5) is 8.28. The van der Waals surface area contributed by atoms with E-state index in [0.29, 0.717) is 0 Å². The highest BCUT2D eigenvalue weighted by molar-refractivity contribution is 7.09. The average Bonchev–Trinajstić information content (AvgIpc) is 2.68. The van der Waals surface area contributed by atoms with Gasteiger partial charge in [0.2, 0.25) is 5.13 Å². The van der Waals surface area contributed by atoms with Crippen molar-refractivity contribution < 1.29 is 0 Å². The Morgan fingerprint density at radius 2 is 2.14 bits per heavy atom. The molecule has 0 aliphatic rings. The quantitative estimate of drug-likeness (QED) is 0.834. The Bertz CT molecular complexity index is 398. The van der Waals surface area contributed by atoms with Crippen LogP contribution >= 0.6 is 11.5 Å². The van der Waals surface area contributed by atoms with Gasteiger partial charge < -0.3 is 5.32 Å². The molecule has 0 saturated carbocycles. The van der Waals surface area contributed by atoms with Crippen LogP contribution in [0.4, 0.5) is 5.13 Å². The van der Waals surface area contributed by atoms with Gasteiger partial charge in [0.05, 0.1) is 0 Å². The molecule has 2 rings (SSSR count). The number of hydrogen-bond donors (Lipinski definition) is 1. The third kappa shape index (κ3) is 1.88. The summed E-state index contributed by atoms with van der Waals surface area (Å²) in [6, 6.07) is 3.80. The van der Waals surface area contributed by atoms with Gasteiger partial charge in [0.25, 0.3) is 0 Å². The lowest BCUT2D eigenvalue weighted by Gasteiger charge is -1.93. The van der Waals surface area contributed by atoms with E-state index in [9.17, 15) is 0 Å². The summed E-state index contributed by atoms with van der Waals surface area (Å²) in [5.74, 6) is 0.758. The van der Waals surface area contributed by atoms with E-state index >= 15 is 0 Å². The first-order valence-corrected chi connectivity index (χ1v) is 5.15. The molecule has 0 amide bonds. The van der Waals surface area contributed by atoms with Crippen LogP contribution in [0.5, 0.6) is 0 Å². The molecule has 0 aliphatic heterocycles. The molecule has 0 fully saturated rings. The van der Waals surface area contributed by atoms with Crippen LogP contribution in [0, 0.1) is 0 Å². The van der Waals surface area contributed by atoms with Crippen LogP contribution in [0.25, 0.3) is 11.4 Å². The third-order valence-corrected chi connectivity index (χ3v) is 2.37. The van der Waals surface area contributed by atoms with Crippen LogP contribution in [-0.2, 0) is 0 Å². The van der Waals surface area contributed by atoms with Gasteiger partial charge in [0.1, 0.15) is 0 Å². The van der Waals surface area contributed by atoms with E-state index in [0.717, 1.165) is 23.1 Å². The van der Waals surface area contributed by atoms with Crippen molar-refractivity contribution in [1.82, 2.24) is 14.3 Å². The molecule has 0 aromatic carbocycles. The van der Waals surface area contributed by atoms with Gasteiger partial charge in [-0.05, 0) is 19.1 Å². The van der Waals surface area contributed by atoms with Gasteiger partial charge >= 0.3 is 0 Å². The molecule has 0 saturated heterocycles. The molecule has 72 valence electrons. The van der Waals surface area contributed by atoms with E-state index in [1.54, 1.807) is 12.4 Å². The topological polar surface area (TPSA) is 50.7 Å². The normalized spacial score (nSPS) is 10.1. The van der Waals surface area contributed by atoms with Crippen LogP contribution in [0.2, 0.25) is 0 Å². The minimum absolute atomic E-state index is 0.758. The molecule has 0 radical (unpaired) electrons. The summed E-state index contributed by atoms with van der Waals surface area (Å²) in [6.45, 7) is 2.90. The Hall–Kier alpha value is -1.49. The van der Waals surface area contributed by atoms with Gasteiger partial charge in [0, 0.05) is 36.0 Å². The standard InChI is InChI=1S/C9H10N4S/c1-2-11-9-12-8(13-14-9)7-3-5-10-6-4-7/h3-6H,2H2,1H3,(H,11,12,13). The Balaban J connectivity index is 2.25. The predicted octanol–water partition coefficient (Wildman–Crippen LogP) is 2.03. The first-order valence-electron chi connectivity index (χ1n) is 4.38. The molecule has 2 aromatic rings. The number of pyridine rings is 1. The fraction of sp³-hybridized carbons (Fsp3) is 0.222. The summed E-state index contributed by atoms with van der Waals surface area (Å²) in [7, 11) is 0. The minimum atomic E-state index is 0.758. The van der Waals surface area contributed by atoms with Gasteiger partial charge in [0.15, 0.2) is 5.82 Å². The minimum Gasteiger partial charge on any atom is -0.361 e. The molecule has 4 nitrogen and oxygen atoms in total. The van der Waals surface area contributed by atoms with Crippen molar-refractivity contribution >= 4 is 16.7 Å². The molecule has 0 aliphatic carbocycles. The second kappa shape index (κ2) is 4.15. The zero-order valence-electron chi connectivity index (χ0n) is 7.77. The molecular formula is C9H10N4S. The van der Waals surface area contributed by atoms with Crippen LogP contribution < -0.4 is 5.32 Å². The van der Waals surface area contributed by atoms with E-state index in [-0.39, 0.29) is 0 Å². The SMILES string of the molecule is CCNc1nc(-c2ccncc2)ns1. The molecule has 0 unspecified atom stereocenters. The number of hydrogen-bond acceptors (Lipinski definition) is 5. The van der Waals surface area contributed by atoms with Crippen LogP contribution in [-0.4, -0.2) is 20.9 Å². The molecule has 0 spiro atoms. The summed E-state index contributed by atoms with van der Waals surface area (Å²) in [6.07, 6.45) is 3.48. The lowest BCUT2D eigenvalue weighted by Crippen LogP contribution is -1.94. The number of aromatic nitrogens is 3. The maximum atomic E-state index is 4.34. The van der Waals surface area contributed by atoms with Crippen molar-refractivity contribution in [3.8, 4) is 11.4 Å². The summed E-state index contributed by atoms with van der Waals surface area (Å²) in [5, 5.41) is 3.99. The second-order valence-electron chi connectivity index (χ2n) is 2.69. The summed E-state index contributed by atoms with van der Waals surface area (Å²) < 4.78 is 4.25. The second-order valence-corrected chi connectivity index (χ2v) is 3.44. The third-order valence-electron chi connectivity index (χ3n) is 1.69. The monoisotopic (exact) mass is 206 g/mol. The fourth-order valence-electron chi connectivity index (χ4n) is 1.06. The Morgan fingerprint density at radius 3 is 2.86 bits per heavy atom. The molecule has 2 heterocycles. The van der Waals surface area contributed by atoms with Crippen molar-refractivity contribution in [3.63, 3.8) is 0 Å². The van der Waals surface area contributed by atoms with Gasteiger partial charge in [-0.2, -0.15) is 9.36 Å². The van der Waals surface area contributed by atoms with Crippen LogP contribution in [0.15, 0.2) is 24.5 Å². The van der Waals surface area contributed by atoms with Gasteiger partial charge in [-0.25, -0.2) is 0 Å². The number of anilines is 1. The van der Waals surface area contributed by atoms with E-state index in [4.69, 9.17) is 0 Å². The Kier molecular flexibility index (Phi) is 2.69. The molecular weight excluding hydrogens is 196 g/mol. The zero-order valence-corrected chi connectivity index (χ0v) is 8.58. The summed E-state index contributed by atoms with van der Waals surface area (Å²) >= 11 is 1.38. The largest absolute Gasteiger partial charge is 0.361 e.